The van der Waals surface area contributed by atoms with Crippen LogP contribution in [-0.4, -0.2) is 18.4 Å². The highest BCUT2D eigenvalue weighted by Crippen LogP contribution is 2.67. The molecule has 26 heavy (non-hydrogen) atoms. The van der Waals surface area contributed by atoms with E-state index in [1.807, 2.05) is 0 Å². The molecule has 0 spiro atoms. The summed E-state index contributed by atoms with van der Waals surface area (Å²) < 4.78 is 5.05. The van der Waals surface area contributed by atoms with Crippen LogP contribution in [0.4, 0.5) is 0 Å². The molecule has 3 heteroatoms. The van der Waals surface area contributed by atoms with E-state index in [9.17, 15) is 9.59 Å². The minimum absolute atomic E-state index is 0.0177. The lowest BCUT2D eigenvalue weighted by atomic mass is 9.45. The fourth-order valence-electron chi connectivity index (χ4n) is 8.10. The molecule has 0 saturated heterocycles. The van der Waals surface area contributed by atoms with Crippen LogP contribution in [0, 0.1) is 40.4 Å². The van der Waals surface area contributed by atoms with Crippen molar-refractivity contribution in [2.45, 2.75) is 85.0 Å². The quantitative estimate of drug-likeness (QED) is 0.652. The first-order valence-electron chi connectivity index (χ1n) is 11.0. The van der Waals surface area contributed by atoms with E-state index in [0.29, 0.717) is 11.3 Å². The predicted molar refractivity (Wildman–Crippen MR) is 101 cm³/mol. The standard InChI is InChI=1S/C23H36O3/c1-15(24)26-14-21(25)20-10-9-18-17-8-7-16-6-4-5-12-22(16,2)19(17)11-13-23(18,20)3/h16-20H,4-14H2,1-3H3/t16?,17-,18-,19-,20+,22-,23-/m0/s1. The van der Waals surface area contributed by atoms with E-state index in [1.165, 1.54) is 64.7 Å². The molecule has 4 rings (SSSR count). The lowest BCUT2D eigenvalue weighted by Crippen LogP contribution is -2.53. The number of hydrogen-bond donors (Lipinski definition) is 0. The molecule has 0 N–H and O–H groups in total. The maximum Gasteiger partial charge on any atom is 0.303 e. The van der Waals surface area contributed by atoms with Gasteiger partial charge < -0.3 is 4.74 Å². The van der Waals surface area contributed by atoms with Crippen LogP contribution in [0.1, 0.15) is 85.0 Å². The van der Waals surface area contributed by atoms with Gasteiger partial charge in [0.1, 0.15) is 6.61 Å². The molecule has 0 amide bonds. The molecular formula is C23H36O3. The van der Waals surface area contributed by atoms with Gasteiger partial charge in [-0.15, -0.1) is 0 Å². The lowest BCUT2D eigenvalue weighted by Gasteiger charge is -2.60. The number of ketones is 1. The van der Waals surface area contributed by atoms with Crippen molar-refractivity contribution in [1.82, 2.24) is 0 Å². The lowest BCUT2D eigenvalue weighted by molar-refractivity contribution is -0.150. The molecule has 0 bridgehead atoms. The largest absolute Gasteiger partial charge is 0.458 e. The molecule has 3 nitrogen and oxygen atoms in total. The molecule has 146 valence electrons. The Hall–Kier alpha value is -0.860. The molecule has 0 aliphatic heterocycles. The van der Waals surface area contributed by atoms with Gasteiger partial charge in [0, 0.05) is 12.8 Å². The highest BCUT2D eigenvalue weighted by Gasteiger charge is 2.60. The van der Waals surface area contributed by atoms with Gasteiger partial charge in [0.2, 0.25) is 0 Å². The second-order valence-corrected chi connectivity index (χ2v) is 10.3. The molecule has 0 aromatic rings. The van der Waals surface area contributed by atoms with Crippen molar-refractivity contribution in [2.24, 2.45) is 40.4 Å². The van der Waals surface area contributed by atoms with Crippen LogP contribution in [0.15, 0.2) is 0 Å². The number of esters is 1. The van der Waals surface area contributed by atoms with Crippen molar-refractivity contribution in [1.29, 1.82) is 0 Å². The van der Waals surface area contributed by atoms with Gasteiger partial charge >= 0.3 is 5.97 Å². The zero-order chi connectivity index (χ0) is 18.5. The Morgan fingerprint density at radius 3 is 2.42 bits per heavy atom. The maximum atomic E-state index is 12.8. The molecule has 0 aromatic heterocycles. The van der Waals surface area contributed by atoms with Crippen molar-refractivity contribution >= 4 is 11.8 Å². The monoisotopic (exact) mass is 360 g/mol. The zero-order valence-electron chi connectivity index (χ0n) is 16.9. The highest BCUT2D eigenvalue weighted by atomic mass is 16.5. The summed E-state index contributed by atoms with van der Waals surface area (Å²) in [5, 5.41) is 0. The summed E-state index contributed by atoms with van der Waals surface area (Å²) in [5.74, 6) is 3.27. The Morgan fingerprint density at radius 1 is 0.885 bits per heavy atom. The molecule has 0 radical (unpaired) electrons. The molecule has 4 saturated carbocycles. The van der Waals surface area contributed by atoms with Gasteiger partial charge in [-0.2, -0.15) is 0 Å². The van der Waals surface area contributed by atoms with Crippen molar-refractivity contribution in [2.75, 3.05) is 6.61 Å². The third-order valence-corrected chi connectivity index (χ3v) is 9.39. The first-order valence-corrected chi connectivity index (χ1v) is 11.0. The molecule has 4 fully saturated rings. The van der Waals surface area contributed by atoms with Gasteiger partial charge in [-0.05, 0) is 85.9 Å². The summed E-state index contributed by atoms with van der Waals surface area (Å²) in [7, 11) is 0. The summed E-state index contributed by atoms with van der Waals surface area (Å²) >= 11 is 0. The smallest absolute Gasteiger partial charge is 0.303 e. The Balaban J connectivity index is 1.53. The number of carbonyl (C=O) groups excluding carboxylic acids is 2. The third kappa shape index (κ3) is 2.76. The van der Waals surface area contributed by atoms with E-state index in [4.69, 9.17) is 4.74 Å². The molecular weight excluding hydrogens is 324 g/mol. The van der Waals surface area contributed by atoms with E-state index in [-0.39, 0.29) is 29.7 Å². The summed E-state index contributed by atoms with van der Waals surface area (Å²) in [6, 6.07) is 0. The van der Waals surface area contributed by atoms with Crippen LogP contribution in [0.5, 0.6) is 0 Å². The number of carbonyl (C=O) groups is 2. The first-order chi connectivity index (χ1) is 12.4. The molecule has 1 unspecified atom stereocenters. The van der Waals surface area contributed by atoms with E-state index in [2.05, 4.69) is 13.8 Å². The van der Waals surface area contributed by atoms with E-state index in [1.54, 1.807) is 0 Å². The minimum atomic E-state index is -0.342. The number of ether oxygens (including phenoxy) is 1. The Labute approximate surface area is 158 Å². The summed E-state index contributed by atoms with van der Waals surface area (Å²) in [5.41, 5.74) is 0.693. The summed E-state index contributed by atoms with van der Waals surface area (Å²) in [4.78, 5) is 23.9. The van der Waals surface area contributed by atoms with E-state index >= 15 is 0 Å². The number of hydrogen-bond acceptors (Lipinski definition) is 3. The highest BCUT2D eigenvalue weighted by molar-refractivity contribution is 5.85. The fourth-order valence-corrected chi connectivity index (χ4v) is 8.10. The van der Waals surface area contributed by atoms with Gasteiger partial charge in [-0.25, -0.2) is 0 Å². The van der Waals surface area contributed by atoms with Crippen LogP contribution in [0.3, 0.4) is 0 Å². The van der Waals surface area contributed by atoms with Crippen molar-refractivity contribution in [3.63, 3.8) is 0 Å². The van der Waals surface area contributed by atoms with Crippen LogP contribution < -0.4 is 0 Å². The minimum Gasteiger partial charge on any atom is -0.458 e. The second kappa shape index (κ2) is 6.63. The maximum absolute atomic E-state index is 12.8. The number of Topliss-reactive ketones (excluding diaryl/α,β-unsaturated/α-hetero) is 1. The summed E-state index contributed by atoms with van der Waals surface area (Å²) in [6.07, 6.45) is 13.2. The van der Waals surface area contributed by atoms with Gasteiger partial charge in [-0.1, -0.05) is 26.7 Å². The average molecular weight is 361 g/mol. The fraction of sp³-hybridized carbons (Fsp3) is 0.913. The molecule has 0 aromatic carbocycles. The molecule has 4 aliphatic carbocycles. The normalized spacial score (nSPS) is 47.4. The van der Waals surface area contributed by atoms with Crippen molar-refractivity contribution in [3.05, 3.63) is 0 Å². The van der Waals surface area contributed by atoms with Gasteiger partial charge in [0.25, 0.3) is 0 Å². The Morgan fingerprint density at radius 2 is 1.65 bits per heavy atom. The van der Waals surface area contributed by atoms with Crippen LogP contribution in [0.25, 0.3) is 0 Å². The average Bonchev–Trinajstić information content (AvgIpc) is 2.96. The topological polar surface area (TPSA) is 43.4 Å². The van der Waals surface area contributed by atoms with E-state index in [0.717, 1.165) is 24.2 Å². The van der Waals surface area contributed by atoms with Gasteiger partial charge in [0.15, 0.2) is 5.78 Å². The molecule has 4 aliphatic rings. The first kappa shape index (κ1) is 18.5. The zero-order valence-corrected chi connectivity index (χ0v) is 16.9. The predicted octanol–water partition coefficient (Wildman–Crippen LogP) is 5.17. The van der Waals surface area contributed by atoms with Crippen molar-refractivity contribution < 1.29 is 14.3 Å². The second-order valence-electron chi connectivity index (χ2n) is 10.3. The van der Waals surface area contributed by atoms with Crippen LogP contribution >= 0.6 is 0 Å². The van der Waals surface area contributed by atoms with Crippen LogP contribution in [-0.2, 0) is 14.3 Å². The van der Waals surface area contributed by atoms with Gasteiger partial charge in [0.05, 0.1) is 0 Å². The van der Waals surface area contributed by atoms with E-state index < -0.39 is 0 Å². The molecule has 7 atom stereocenters. The Kier molecular flexibility index (Phi) is 4.72. The van der Waals surface area contributed by atoms with Crippen molar-refractivity contribution in [3.8, 4) is 0 Å². The SMILES string of the molecule is CC(=O)OCC(=O)[C@H]1CC[C@H]2[C@@H]3CCC4CCCC[C@]4(C)[C@H]3CC[C@]12C. The third-order valence-electron chi connectivity index (χ3n) is 9.39. The summed E-state index contributed by atoms with van der Waals surface area (Å²) in [6.45, 7) is 6.36. The van der Waals surface area contributed by atoms with Gasteiger partial charge in [-0.3, -0.25) is 9.59 Å². The molecule has 0 heterocycles. The number of fused-ring (bicyclic) bond motifs is 5. The number of rotatable bonds is 3. The Bertz CT molecular complexity index is 584. The van der Waals surface area contributed by atoms with Crippen LogP contribution in [0.2, 0.25) is 0 Å².